The largest absolute Gasteiger partial charge is 0.456 e. The van der Waals surface area contributed by atoms with Gasteiger partial charge in [0.2, 0.25) is 0 Å². The van der Waals surface area contributed by atoms with Crippen molar-refractivity contribution >= 4 is 88.8 Å². The molecule has 0 spiro atoms. The number of hydrogen-bond donors (Lipinski definition) is 0. The second-order valence-electron chi connectivity index (χ2n) is 29.8. The van der Waals surface area contributed by atoms with Crippen LogP contribution in [0.3, 0.4) is 0 Å². The number of benzene rings is 19. The zero-order valence-electron chi connectivity index (χ0n) is 63.4. The first-order chi connectivity index (χ1) is 57.5. The van der Waals surface area contributed by atoms with Gasteiger partial charge in [-0.2, -0.15) is 0 Å². The molecule has 0 unspecified atom stereocenters. The maximum absolute atomic E-state index is 6.45. The Labute approximate surface area is 674 Å². The minimum atomic E-state index is 0.890. The average molecular weight is 1480 g/mol. The summed E-state index contributed by atoms with van der Waals surface area (Å²) in [4.78, 5) is 4.73. The van der Waals surface area contributed by atoms with Crippen LogP contribution in [0.4, 0.5) is 34.1 Å². The Kier molecular flexibility index (Phi) is 17.6. The van der Waals surface area contributed by atoms with Gasteiger partial charge in [0, 0.05) is 61.2 Å². The van der Waals surface area contributed by atoms with E-state index in [1.54, 1.807) is 0 Å². The predicted molar refractivity (Wildman–Crippen MR) is 488 cm³/mol. The van der Waals surface area contributed by atoms with Gasteiger partial charge in [0.25, 0.3) is 0 Å². The minimum absolute atomic E-state index is 0.890. The first-order valence-corrected chi connectivity index (χ1v) is 39.6. The second kappa shape index (κ2) is 29.7. The van der Waals surface area contributed by atoms with E-state index in [4.69, 9.17) is 8.83 Å². The maximum Gasteiger partial charge on any atom is 0.143 e. The summed E-state index contributed by atoms with van der Waals surface area (Å²) in [6.45, 7) is 0. The van der Waals surface area contributed by atoms with Crippen molar-refractivity contribution in [3.63, 3.8) is 0 Å². The highest BCUT2D eigenvalue weighted by Gasteiger charge is 2.22. The monoisotopic (exact) mass is 1480 g/mol. The smallest absolute Gasteiger partial charge is 0.143 e. The standard InChI is InChI=1S/C112H74N2O2/c1-4-19-75(20-5-1)78-35-37-79(38-36-78)82-45-58-93(59-46-82)114(94-60-47-83(48-61-94)80-39-41-87(42-40-80)100-31-18-32-107-105-29-14-17-34-110(105)116-112(100)107)97-66-53-86(54-67-97)99-68-69-104(103-28-13-12-27-102(99)103)101-26-11-10-25-98(101)91-72-89(77-23-8-3-9-24-77)71-90(73-91)85-51-64-96(65-52-85)113(92-56-43-81(44-57-92)76-21-6-2-7-22-76)95-62-49-84(50-63-95)88-55-70-111-108(74-88)106-30-15-16-33-109(106)115-111/h1-74H. The summed E-state index contributed by atoms with van der Waals surface area (Å²) in [6.07, 6.45) is 0. The molecule has 116 heavy (non-hydrogen) atoms. The molecular weight excluding hydrogens is 1410 g/mol. The summed E-state index contributed by atoms with van der Waals surface area (Å²) in [5.41, 5.74) is 35.3. The Balaban J connectivity index is 0.600. The van der Waals surface area contributed by atoms with Gasteiger partial charge in [0.15, 0.2) is 0 Å². The van der Waals surface area contributed by atoms with E-state index >= 15 is 0 Å². The van der Waals surface area contributed by atoms with Gasteiger partial charge < -0.3 is 18.6 Å². The molecule has 0 atom stereocenters. The van der Waals surface area contributed by atoms with E-state index in [2.05, 4.69) is 434 Å². The molecule has 4 nitrogen and oxygen atoms in total. The van der Waals surface area contributed by atoms with E-state index in [9.17, 15) is 0 Å². The normalized spacial score (nSPS) is 11.4. The zero-order valence-corrected chi connectivity index (χ0v) is 63.4. The lowest BCUT2D eigenvalue weighted by Gasteiger charge is -2.26. The van der Waals surface area contributed by atoms with Crippen molar-refractivity contribution < 1.29 is 8.83 Å². The Morgan fingerprint density at radius 3 is 0.888 bits per heavy atom. The van der Waals surface area contributed by atoms with Crippen molar-refractivity contribution in [2.45, 2.75) is 0 Å². The molecule has 0 amide bonds. The minimum Gasteiger partial charge on any atom is -0.456 e. The van der Waals surface area contributed by atoms with Crippen LogP contribution < -0.4 is 9.80 Å². The molecule has 19 aromatic carbocycles. The zero-order chi connectivity index (χ0) is 76.8. The van der Waals surface area contributed by atoms with Crippen molar-refractivity contribution in [1.82, 2.24) is 0 Å². The molecule has 0 saturated heterocycles. The molecule has 21 rings (SSSR count). The molecule has 0 saturated carbocycles. The molecule has 0 fully saturated rings. The number of furan rings is 2. The number of rotatable bonds is 17. The van der Waals surface area contributed by atoms with Crippen LogP contribution in [0.5, 0.6) is 0 Å². The molecule has 0 aliphatic carbocycles. The number of nitrogens with zero attached hydrogens (tertiary/aromatic N) is 2. The van der Waals surface area contributed by atoms with Gasteiger partial charge in [-0.25, -0.2) is 0 Å². The van der Waals surface area contributed by atoms with Crippen molar-refractivity contribution in [3.05, 3.63) is 449 Å². The molecule has 0 aliphatic heterocycles. The predicted octanol–water partition coefficient (Wildman–Crippen LogP) is 31.9. The summed E-state index contributed by atoms with van der Waals surface area (Å²) in [7, 11) is 0. The van der Waals surface area contributed by atoms with Gasteiger partial charge in [-0.3, -0.25) is 0 Å². The van der Waals surface area contributed by atoms with Crippen LogP contribution in [0.2, 0.25) is 0 Å². The maximum atomic E-state index is 6.45. The number of fused-ring (bicyclic) bond motifs is 7. The van der Waals surface area contributed by atoms with Crippen LogP contribution >= 0.6 is 0 Å². The summed E-state index contributed by atoms with van der Waals surface area (Å²) >= 11 is 0. The first-order valence-electron chi connectivity index (χ1n) is 39.6. The lowest BCUT2D eigenvalue weighted by Crippen LogP contribution is -2.09. The average Bonchev–Trinajstić information content (AvgIpc) is 1.74. The Hall–Kier alpha value is -15.4. The highest BCUT2D eigenvalue weighted by molar-refractivity contribution is 6.11. The third-order valence-electron chi connectivity index (χ3n) is 23.0. The third kappa shape index (κ3) is 13.0. The van der Waals surface area contributed by atoms with Crippen LogP contribution in [-0.4, -0.2) is 0 Å². The van der Waals surface area contributed by atoms with Crippen LogP contribution in [0.15, 0.2) is 458 Å². The summed E-state index contributed by atoms with van der Waals surface area (Å²) in [5.74, 6) is 0. The van der Waals surface area contributed by atoms with Crippen LogP contribution in [0.25, 0.3) is 177 Å². The van der Waals surface area contributed by atoms with Crippen molar-refractivity contribution in [2.24, 2.45) is 0 Å². The van der Waals surface area contributed by atoms with Crippen molar-refractivity contribution in [1.29, 1.82) is 0 Å². The van der Waals surface area contributed by atoms with Crippen molar-refractivity contribution in [2.75, 3.05) is 9.80 Å². The summed E-state index contributed by atoms with van der Waals surface area (Å²) in [5, 5.41) is 6.86. The highest BCUT2D eigenvalue weighted by atomic mass is 16.3. The molecule has 0 radical (unpaired) electrons. The second-order valence-corrected chi connectivity index (χ2v) is 29.8. The molecular formula is C112H74N2O2. The SMILES string of the molecule is c1ccc(-c2ccc(-c3ccc(N(c4ccc(-c5ccc(-c6cccc7c6oc6ccccc67)cc5)cc4)c4ccc(-c5ccc(-c6ccccc6-c6cc(-c7ccccc7)cc(-c7ccc(N(c8ccc(-c9ccccc9)cc8)c8ccc(-c9ccc%10oc%11ccccc%11c%10c9)cc8)cc7)c6)c6ccccc56)cc4)cc3)cc2)cc1. The fourth-order valence-corrected chi connectivity index (χ4v) is 17.0. The Bertz CT molecular complexity index is 7160. The molecule has 544 valence electrons. The molecule has 2 aromatic heterocycles. The fourth-order valence-electron chi connectivity index (χ4n) is 17.0. The van der Waals surface area contributed by atoms with E-state index in [0.717, 1.165) is 156 Å². The van der Waals surface area contributed by atoms with Gasteiger partial charge >= 0.3 is 0 Å². The molecule has 0 N–H and O–H groups in total. The molecule has 0 aliphatic rings. The van der Waals surface area contributed by atoms with Crippen molar-refractivity contribution in [3.8, 4) is 122 Å². The van der Waals surface area contributed by atoms with E-state index in [-0.39, 0.29) is 0 Å². The first kappa shape index (κ1) is 68.7. The number of anilines is 6. The molecule has 21 aromatic rings. The van der Waals surface area contributed by atoms with Gasteiger partial charge in [0.1, 0.15) is 22.3 Å². The highest BCUT2D eigenvalue weighted by Crippen LogP contribution is 2.47. The van der Waals surface area contributed by atoms with Gasteiger partial charge in [-0.15, -0.1) is 0 Å². The quantitative estimate of drug-likeness (QED) is 0.0910. The van der Waals surface area contributed by atoms with E-state index in [1.165, 1.54) is 55.3 Å². The van der Waals surface area contributed by atoms with Crippen LogP contribution in [0, 0.1) is 0 Å². The molecule has 0 bridgehead atoms. The summed E-state index contributed by atoms with van der Waals surface area (Å²) in [6, 6.07) is 163. The van der Waals surface area contributed by atoms with Gasteiger partial charge in [0.05, 0.1) is 0 Å². The molecule has 2 heterocycles. The number of para-hydroxylation sites is 3. The Morgan fingerprint density at radius 1 is 0.129 bits per heavy atom. The van der Waals surface area contributed by atoms with Gasteiger partial charge in [-0.05, 0) is 243 Å². The van der Waals surface area contributed by atoms with E-state index in [1.807, 2.05) is 24.3 Å². The number of hydrogen-bond acceptors (Lipinski definition) is 4. The topological polar surface area (TPSA) is 32.8 Å². The lowest BCUT2D eigenvalue weighted by atomic mass is 9.87. The summed E-state index contributed by atoms with van der Waals surface area (Å²) < 4.78 is 12.7. The van der Waals surface area contributed by atoms with Gasteiger partial charge in [-0.1, -0.05) is 334 Å². The Morgan fingerprint density at radius 2 is 0.414 bits per heavy atom. The third-order valence-corrected chi connectivity index (χ3v) is 23.0. The van der Waals surface area contributed by atoms with E-state index < -0.39 is 0 Å². The fraction of sp³-hybridized carbons (Fsp3) is 0. The van der Waals surface area contributed by atoms with Crippen LogP contribution in [-0.2, 0) is 0 Å². The van der Waals surface area contributed by atoms with E-state index in [0.29, 0.717) is 0 Å². The lowest BCUT2D eigenvalue weighted by molar-refractivity contribution is 0.669. The van der Waals surface area contributed by atoms with Crippen LogP contribution in [0.1, 0.15) is 0 Å². The molecule has 4 heteroatoms.